The molecule has 0 radical (unpaired) electrons. The van der Waals surface area contributed by atoms with Crippen LogP contribution in [0.2, 0.25) is 0 Å². The topological polar surface area (TPSA) is 99.6 Å². The van der Waals surface area contributed by atoms with E-state index in [1.165, 1.54) is 0 Å². The van der Waals surface area contributed by atoms with Crippen LogP contribution in [-0.4, -0.2) is 52.4 Å². The monoisotopic (exact) mass is 367 g/mol. The molecular weight excluding hydrogens is 346 g/mol. The van der Waals surface area contributed by atoms with Crippen LogP contribution in [0, 0.1) is 13.8 Å². The number of carboxylic acid groups (broad SMARTS) is 1. The fourth-order valence-electron chi connectivity index (χ4n) is 3.32. The normalized spacial score (nSPS) is 16.5. The summed E-state index contributed by atoms with van der Waals surface area (Å²) < 4.78 is 0. The van der Waals surface area contributed by atoms with E-state index in [2.05, 4.69) is 10.3 Å². The Morgan fingerprint density at radius 3 is 2.59 bits per heavy atom. The summed E-state index contributed by atoms with van der Waals surface area (Å²) in [4.78, 5) is 41.8. The van der Waals surface area contributed by atoms with Crippen LogP contribution in [-0.2, 0) is 4.79 Å². The van der Waals surface area contributed by atoms with Gasteiger partial charge in [-0.15, -0.1) is 0 Å². The summed E-state index contributed by atoms with van der Waals surface area (Å²) in [5.74, 6) is -1.42. The number of likely N-dealkylation sites (tertiary alicyclic amines) is 1. The van der Waals surface area contributed by atoms with Gasteiger partial charge >= 0.3 is 5.97 Å². The number of rotatable bonds is 4. The number of carbonyl (C=O) groups is 3. The lowest BCUT2D eigenvalue weighted by Crippen LogP contribution is -2.40. The van der Waals surface area contributed by atoms with Crippen LogP contribution < -0.4 is 5.32 Å². The highest BCUT2D eigenvalue weighted by atomic mass is 16.4. The molecule has 2 amide bonds. The maximum atomic E-state index is 12.5. The molecular formula is C20H21N3O4. The van der Waals surface area contributed by atoms with Crippen LogP contribution in [0.25, 0.3) is 11.3 Å². The maximum absolute atomic E-state index is 12.5. The van der Waals surface area contributed by atoms with Gasteiger partial charge < -0.3 is 15.3 Å². The molecule has 1 saturated heterocycles. The number of likely N-dealkylation sites (N-methyl/N-ethyl adjacent to an activating group) is 1. The van der Waals surface area contributed by atoms with E-state index < -0.39 is 12.0 Å². The van der Waals surface area contributed by atoms with Crippen molar-refractivity contribution in [3.05, 3.63) is 52.7 Å². The van der Waals surface area contributed by atoms with Gasteiger partial charge in [0.05, 0.1) is 17.0 Å². The highest BCUT2D eigenvalue weighted by molar-refractivity contribution is 5.99. The number of hydrogen-bond acceptors (Lipinski definition) is 4. The molecule has 0 spiro atoms. The molecule has 27 heavy (non-hydrogen) atoms. The summed E-state index contributed by atoms with van der Waals surface area (Å²) in [6.45, 7) is 4.00. The number of pyridine rings is 1. The van der Waals surface area contributed by atoms with Crippen molar-refractivity contribution < 1.29 is 19.5 Å². The SMILES string of the molecule is Cc1cc(-c2cccc(C(=O)N[C@H]3CCN(C)C3=O)c2)nc(C)c1C(=O)O. The Balaban J connectivity index is 1.87. The number of carboxylic acids is 1. The van der Waals surface area contributed by atoms with Gasteiger partial charge in [-0.25, -0.2) is 4.79 Å². The van der Waals surface area contributed by atoms with Crippen molar-refractivity contribution in [1.29, 1.82) is 0 Å². The van der Waals surface area contributed by atoms with Crippen molar-refractivity contribution in [3.63, 3.8) is 0 Å². The van der Waals surface area contributed by atoms with Gasteiger partial charge in [-0.05, 0) is 44.0 Å². The van der Waals surface area contributed by atoms with Crippen LogP contribution in [0.5, 0.6) is 0 Å². The molecule has 2 N–H and O–H groups in total. The number of nitrogens with one attached hydrogen (secondary N) is 1. The molecule has 1 aromatic carbocycles. The molecule has 1 atom stereocenters. The molecule has 0 aliphatic carbocycles. The Morgan fingerprint density at radius 2 is 2.00 bits per heavy atom. The molecule has 0 saturated carbocycles. The van der Waals surface area contributed by atoms with Crippen molar-refractivity contribution in [1.82, 2.24) is 15.2 Å². The molecule has 7 nitrogen and oxygen atoms in total. The molecule has 140 valence electrons. The molecule has 0 bridgehead atoms. The third-order valence-corrected chi connectivity index (χ3v) is 4.76. The van der Waals surface area contributed by atoms with Crippen LogP contribution >= 0.6 is 0 Å². The molecule has 0 unspecified atom stereocenters. The fourth-order valence-corrected chi connectivity index (χ4v) is 3.32. The number of benzene rings is 1. The van der Waals surface area contributed by atoms with E-state index in [0.717, 1.165) is 0 Å². The minimum absolute atomic E-state index is 0.0864. The second-order valence-corrected chi connectivity index (χ2v) is 6.75. The quantitative estimate of drug-likeness (QED) is 0.861. The Hall–Kier alpha value is -3.22. The van der Waals surface area contributed by atoms with Gasteiger partial charge in [0.2, 0.25) is 5.91 Å². The summed E-state index contributed by atoms with van der Waals surface area (Å²) in [5.41, 5.74) is 2.96. The second-order valence-electron chi connectivity index (χ2n) is 6.75. The zero-order valence-electron chi connectivity index (χ0n) is 15.4. The maximum Gasteiger partial charge on any atom is 0.337 e. The zero-order valence-corrected chi connectivity index (χ0v) is 15.4. The molecule has 1 fully saturated rings. The fraction of sp³-hybridized carbons (Fsp3) is 0.300. The van der Waals surface area contributed by atoms with Gasteiger partial charge in [0.25, 0.3) is 5.91 Å². The van der Waals surface area contributed by atoms with Gasteiger partial charge in [0.1, 0.15) is 6.04 Å². The van der Waals surface area contributed by atoms with Crippen molar-refractivity contribution in [2.75, 3.05) is 13.6 Å². The lowest BCUT2D eigenvalue weighted by Gasteiger charge is -2.13. The molecule has 7 heteroatoms. The number of aromatic carboxylic acids is 1. The third kappa shape index (κ3) is 3.67. The zero-order chi connectivity index (χ0) is 19.7. The van der Waals surface area contributed by atoms with E-state index in [1.807, 2.05) is 6.07 Å². The van der Waals surface area contributed by atoms with Crippen LogP contribution in [0.15, 0.2) is 30.3 Å². The van der Waals surface area contributed by atoms with Crippen molar-refractivity contribution >= 4 is 17.8 Å². The number of hydrogen-bond donors (Lipinski definition) is 2. The first kappa shape index (κ1) is 18.6. The molecule has 1 aromatic heterocycles. The number of aryl methyl sites for hydroxylation is 2. The molecule has 2 heterocycles. The molecule has 2 aromatic rings. The average molecular weight is 367 g/mol. The standard InChI is InChI=1S/C20H21N3O4/c1-11-9-16(21-12(2)17(11)20(26)27)13-5-4-6-14(10-13)18(24)22-15-7-8-23(3)19(15)25/h4-6,9-10,15H,7-8H2,1-3H3,(H,22,24)(H,26,27)/t15-/m0/s1. The van der Waals surface area contributed by atoms with Gasteiger partial charge in [-0.2, -0.15) is 0 Å². The number of aromatic nitrogens is 1. The van der Waals surface area contributed by atoms with Gasteiger partial charge in [0, 0.05) is 24.7 Å². The third-order valence-electron chi connectivity index (χ3n) is 4.76. The number of amides is 2. The van der Waals surface area contributed by atoms with Crippen LogP contribution in [0.1, 0.15) is 38.4 Å². The minimum atomic E-state index is -1.01. The van der Waals surface area contributed by atoms with Crippen molar-refractivity contribution in [2.24, 2.45) is 0 Å². The van der Waals surface area contributed by atoms with Crippen LogP contribution in [0.4, 0.5) is 0 Å². The Morgan fingerprint density at radius 1 is 1.26 bits per heavy atom. The largest absolute Gasteiger partial charge is 0.478 e. The van der Waals surface area contributed by atoms with E-state index >= 15 is 0 Å². The van der Waals surface area contributed by atoms with E-state index in [0.29, 0.717) is 41.0 Å². The highest BCUT2D eigenvalue weighted by Gasteiger charge is 2.30. The van der Waals surface area contributed by atoms with E-state index in [1.54, 1.807) is 50.1 Å². The van der Waals surface area contributed by atoms with Crippen molar-refractivity contribution in [2.45, 2.75) is 26.3 Å². The van der Waals surface area contributed by atoms with E-state index in [9.17, 15) is 19.5 Å². The molecule has 3 rings (SSSR count). The highest BCUT2D eigenvalue weighted by Crippen LogP contribution is 2.23. The second kappa shape index (κ2) is 7.19. The first-order valence-corrected chi connectivity index (χ1v) is 8.65. The average Bonchev–Trinajstić information content (AvgIpc) is 2.93. The Labute approximate surface area is 157 Å². The minimum Gasteiger partial charge on any atom is -0.478 e. The summed E-state index contributed by atoms with van der Waals surface area (Å²) in [7, 11) is 1.71. The van der Waals surface area contributed by atoms with Gasteiger partial charge in [0.15, 0.2) is 0 Å². The lowest BCUT2D eigenvalue weighted by atomic mass is 10.0. The first-order valence-electron chi connectivity index (χ1n) is 8.65. The van der Waals surface area contributed by atoms with E-state index in [4.69, 9.17) is 0 Å². The van der Waals surface area contributed by atoms with Crippen LogP contribution in [0.3, 0.4) is 0 Å². The summed E-state index contributed by atoms with van der Waals surface area (Å²) in [5, 5.41) is 12.0. The smallest absolute Gasteiger partial charge is 0.337 e. The lowest BCUT2D eigenvalue weighted by molar-refractivity contribution is -0.128. The summed E-state index contributed by atoms with van der Waals surface area (Å²) in [6.07, 6.45) is 0.595. The summed E-state index contributed by atoms with van der Waals surface area (Å²) >= 11 is 0. The van der Waals surface area contributed by atoms with Gasteiger partial charge in [-0.3, -0.25) is 14.6 Å². The number of carbonyl (C=O) groups excluding carboxylic acids is 2. The first-order chi connectivity index (χ1) is 12.8. The summed E-state index contributed by atoms with van der Waals surface area (Å²) in [6, 6.07) is 8.12. The predicted molar refractivity (Wildman–Crippen MR) is 99.6 cm³/mol. The van der Waals surface area contributed by atoms with Crippen molar-refractivity contribution in [3.8, 4) is 11.3 Å². The van der Waals surface area contributed by atoms with E-state index in [-0.39, 0.29) is 17.4 Å². The molecule has 1 aliphatic rings. The molecule has 1 aliphatic heterocycles. The Bertz CT molecular complexity index is 916. The Kier molecular flexibility index (Phi) is 4.94. The number of nitrogens with zero attached hydrogens (tertiary/aromatic N) is 2. The predicted octanol–water partition coefficient (Wildman–Crippen LogP) is 2.02. The van der Waals surface area contributed by atoms with Gasteiger partial charge in [-0.1, -0.05) is 12.1 Å².